The molecule has 0 bridgehead atoms. The number of carbonyl (C=O) groups is 3. The van der Waals surface area contributed by atoms with E-state index in [0.29, 0.717) is 32.6 Å². The van der Waals surface area contributed by atoms with E-state index in [-0.39, 0.29) is 28.3 Å². The number of likely N-dealkylation sites (tertiary alicyclic amines) is 2. The Morgan fingerprint density at radius 3 is 2.61 bits per heavy atom. The first-order valence-corrected chi connectivity index (χ1v) is 8.95. The van der Waals surface area contributed by atoms with Crippen molar-refractivity contribution < 1.29 is 19.1 Å². The second-order valence-corrected chi connectivity index (χ2v) is 8.79. The molecule has 0 N–H and O–H groups in total. The van der Waals surface area contributed by atoms with Crippen molar-refractivity contribution in [3.05, 3.63) is 0 Å². The van der Waals surface area contributed by atoms with Crippen molar-refractivity contribution >= 4 is 28.9 Å². The molecule has 2 aliphatic rings. The zero-order valence-electron chi connectivity index (χ0n) is 14.3. The van der Waals surface area contributed by atoms with E-state index in [2.05, 4.69) is 0 Å². The topological polar surface area (TPSA) is 66.9 Å². The van der Waals surface area contributed by atoms with Crippen LogP contribution in [0.5, 0.6) is 0 Å². The van der Waals surface area contributed by atoms with Crippen molar-refractivity contribution in [1.82, 2.24) is 9.80 Å². The molecule has 0 spiro atoms. The van der Waals surface area contributed by atoms with Gasteiger partial charge < -0.3 is 14.5 Å². The van der Waals surface area contributed by atoms with E-state index in [0.717, 1.165) is 6.42 Å². The molecular formula is C16H26N2O4S. The molecule has 2 heterocycles. The fourth-order valence-corrected chi connectivity index (χ4v) is 3.96. The lowest BCUT2D eigenvalue weighted by Crippen LogP contribution is -2.37. The third kappa shape index (κ3) is 5.41. The molecule has 2 fully saturated rings. The summed E-state index contributed by atoms with van der Waals surface area (Å²) in [6.07, 6.45) is 1.04. The Balaban J connectivity index is 1.80. The van der Waals surface area contributed by atoms with Gasteiger partial charge in [-0.2, -0.15) is 0 Å². The maximum atomic E-state index is 12.1. The smallest absolute Gasteiger partial charge is 0.410 e. The Morgan fingerprint density at radius 1 is 1.30 bits per heavy atom. The molecule has 6 nitrogen and oxygen atoms in total. The minimum atomic E-state index is -0.489. The first kappa shape index (κ1) is 18.1. The monoisotopic (exact) mass is 342 g/mol. The SMILES string of the molecule is CC(=O)SC1CC(=O)N(CC2CCN(C(=O)OC(C)(C)C)C2)C1. The third-order valence-electron chi connectivity index (χ3n) is 3.93. The van der Waals surface area contributed by atoms with Crippen LogP contribution in [0.4, 0.5) is 4.79 Å². The van der Waals surface area contributed by atoms with Gasteiger partial charge in [-0.15, -0.1) is 0 Å². The number of hydrogen-bond acceptors (Lipinski definition) is 5. The van der Waals surface area contributed by atoms with Crippen LogP contribution in [-0.2, 0) is 14.3 Å². The van der Waals surface area contributed by atoms with E-state index in [1.807, 2.05) is 25.7 Å². The summed E-state index contributed by atoms with van der Waals surface area (Å²) in [5, 5.41) is 0.130. The molecule has 2 atom stereocenters. The minimum absolute atomic E-state index is 0.0571. The summed E-state index contributed by atoms with van der Waals surface area (Å²) in [6, 6.07) is 0. The standard InChI is InChI=1S/C16H26N2O4S/c1-11(19)23-13-7-14(20)18(10-13)9-12-5-6-17(8-12)15(21)22-16(2,3)4/h12-13H,5-10H2,1-4H3. The minimum Gasteiger partial charge on any atom is -0.444 e. The van der Waals surface area contributed by atoms with Crippen molar-refractivity contribution in [3.8, 4) is 0 Å². The summed E-state index contributed by atoms with van der Waals surface area (Å²) in [7, 11) is 0. The summed E-state index contributed by atoms with van der Waals surface area (Å²) in [4.78, 5) is 38.8. The van der Waals surface area contributed by atoms with Gasteiger partial charge in [-0.1, -0.05) is 11.8 Å². The first-order chi connectivity index (χ1) is 10.6. The van der Waals surface area contributed by atoms with Crippen LogP contribution in [0.15, 0.2) is 0 Å². The Hall–Kier alpha value is -1.24. The summed E-state index contributed by atoms with van der Waals surface area (Å²) < 4.78 is 5.39. The van der Waals surface area contributed by atoms with Gasteiger partial charge in [0.1, 0.15) is 5.60 Å². The summed E-state index contributed by atoms with van der Waals surface area (Å²) in [5.74, 6) is 0.395. The second kappa shape index (κ2) is 7.11. The highest BCUT2D eigenvalue weighted by Crippen LogP contribution is 2.27. The number of nitrogens with zero attached hydrogens (tertiary/aromatic N) is 2. The number of rotatable bonds is 3. The van der Waals surface area contributed by atoms with Crippen LogP contribution in [-0.4, -0.2) is 63.9 Å². The van der Waals surface area contributed by atoms with E-state index < -0.39 is 5.60 Å². The maximum Gasteiger partial charge on any atom is 0.410 e. The quantitative estimate of drug-likeness (QED) is 0.786. The predicted molar refractivity (Wildman–Crippen MR) is 89.2 cm³/mol. The summed E-state index contributed by atoms with van der Waals surface area (Å²) in [5.41, 5.74) is -0.489. The lowest BCUT2D eigenvalue weighted by atomic mass is 10.1. The molecule has 2 unspecified atom stereocenters. The molecule has 2 rings (SSSR count). The highest BCUT2D eigenvalue weighted by molar-refractivity contribution is 8.14. The average Bonchev–Trinajstić information content (AvgIpc) is 2.95. The molecule has 2 aliphatic heterocycles. The highest BCUT2D eigenvalue weighted by atomic mass is 32.2. The Bertz CT molecular complexity index is 489. The number of hydrogen-bond donors (Lipinski definition) is 0. The fourth-order valence-electron chi connectivity index (χ4n) is 3.01. The van der Waals surface area contributed by atoms with Crippen LogP contribution >= 0.6 is 11.8 Å². The van der Waals surface area contributed by atoms with Crippen LogP contribution in [0.1, 0.15) is 40.5 Å². The van der Waals surface area contributed by atoms with Crippen molar-refractivity contribution in [2.24, 2.45) is 5.92 Å². The van der Waals surface area contributed by atoms with Crippen molar-refractivity contribution in [2.45, 2.75) is 51.4 Å². The summed E-state index contributed by atoms with van der Waals surface area (Å²) in [6.45, 7) is 9.69. The van der Waals surface area contributed by atoms with E-state index in [1.54, 1.807) is 4.90 Å². The molecule has 7 heteroatoms. The zero-order valence-corrected chi connectivity index (χ0v) is 15.1. The molecule has 0 aromatic heterocycles. The largest absolute Gasteiger partial charge is 0.444 e. The third-order valence-corrected chi connectivity index (χ3v) is 4.91. The highest BCUT2D eigenvalue weighted by Gasteiger charge is 2.35. The van der Waals surface area contributed by atoms with Gasteiger partial charge in [0, 0.05) is 44.8 Å². The predicted octanol–water partition coefficient (Wildman–Crippen LogP) is 2.12. The fraction of sp³-hybridized carbons (Fsp3) is 0.812. The van der Waals surface area contributed by atoms with E-state index >= 15 is 0 Å². The molecular weight excluding hydrogens is 316 g/mol. The van der Waals surface area contributed by atoms with E-state index in [4.69, 9.17) is 4.74 Å². The molecule has 0 aromatic rings. The van der Waals surface area contributed by atoms with Crippen molar-refractivity contribution in [1.29, 1.82) is 0 Å². The van der Waals surface area contributed by atoms with E-state index in [9.17, 15) is 14.4 Å². The molecule has 0 saturated carbocycles. The number of ether oxygens (including phenoxy) is 1. The first-order valence-electron chi connectivity index (χ1n) is 8.07. The summed E-state index contributed by atoms with van der Waals surface area (Å²) >= 11 is 1.25. The van der Waals surface area contributed by atoms with Crippen LogP contribution in [0.3, 0.4) is 0 Å². The average molecular weight is 342 g/mol. The van der Waals surface area contributed by atoms with Gasteiger partial charge in [0.2, 0.25) is 5.91 Å². The van der Waals surface area contributed by atoms with Gasteiger partial charge in [-0.05, 0) is 33.1 Å². The molecule has 23 heavy (non-hydrogen) atoms. The van der Waals surface area contributed by atoms with Crippen LogP contribution in [0.2, 0.25) is 0 Å². The van der Waals surface area contributed by atoms with Gasteiger partial charge in [-0.25, -0.2) is 4.79 Å². The van der Waals surface area contributed by atoms with Gasteiger partial charge in [0.15, 0.2) is 5.12 Å². The van der Waals surface area contributed by atoms with E-state index in [1.165, 1.54) is 18.7 Å². The molecule has 0 aromatic carbocycles. The molecule has 0 aliphatic carbocycles. The molecule has 0 radical (unpaired) electrons. The van der Waals surface area contributed by atoms with Crippen LogP contribution in [0, 0.1) is 5.92 Å². The Kier molecular flexibility index (Phi) is 5.60. The Morgan fingerprint density at radius 2 is 2.00 bits per heavy atom. The van der Waals surface area contributed by atoms with Crippen LogP contribution < -0.4 is 0 Å². The Labute approximate surface area is 141 Å². The van der Waals surface area contributed by atoms with Gasteiger partial charge in [0.05, 0.1) is 0 Å². The van der Waals surface area contributed by atoms with Crippen LogP contribution in [0.25, 0.3) is 0 Å². The van der Waals surface area contributed by atoms with Gasteiger partial charge in [-0.3, -0.25) is 9.59 Å². The molecule has 130 valence electrons. The molecule has 2 saturated heterocycles. The van der Waals surface area contributed by atoms with Crippen molar-refractivity contribution in [3.63, 3.8) is 0 Å². The zero-order chi connectivity index (χ0) is 17.2. The maximum absolute atomic E-state index is 12.1. The van der Waals surface area contributed by atoms with Crippen molar-refractivity contribution in [2.75, 3.05) is 26.2 Å². The lowest BCUT2D eigenvalue weighted by molar-refractivity contribution is -0.128. The lowest BCUT2D eigenvalue weighted by Gasteiger charge is -2.25. The van der Waals surface area contributed by atoms with Gasteiger partial charge >= 0.3 is 6.09 Å². The number of carbonyl (C=O) groups excluding carboxylic acids is 3. The van der Waals surface area contributed by atoms with Gasteiger partial charge in [0.25, 0.3) is 0 Å². The normalized spacial score (nSPS) is 25.1. The number of thioether (sulfide) groups is 1. The number of amides is 2. The molecule has 2 amide bonds. The second-order valence-electron chi connectivity index (χ2n) is 7.32.